The SMILES string of the molecule is CCc1ccc(Cn2cc(CNC(C)C)cn2)s1. The van der Waals surface area contributed by atoms with Crippen molar-refractivity contribution in [3.8, 4) is 0 Å². The third-order valence-electron chi connectivity index (χ3n) is 2.78. The van der Waals surface area contributed by atoms with Crippen LogP contribution in [0, 0.1) is 0 Å². The van der Waals surface area contributed by atoms with Crippen molar-refractivity contribution in [1.82, 2.24) is 15.1 Å². The number of aromatic nitrogens is 2. The lowest BCUT2D eigenvalue weighted by molar-refractivity contribution is 0.588. The number of nitrogens with zero attached hydrogens (tertiary/aromatic N) is 2. The molecule has 0 aliphatic heterocycles. The zero-order valence-corrected chi connectivity index (χ0v) is 12.1. The Morgan fingerprint density at radius 1 is 1.33 bits per heavy atom. The molecule has 0 saturated heterocycles. The van der Waals surface area contributed by atoms with Crippen molar-refractivity contribution < 1.29 is 0 Å². The smallest absolute Gasteiger partial charge is 0.0752 e. The molecule has 0 fully saturated rings. The number of nitrogens with one attached hydrogen (secondary N) is 1. The number of rotatable bonds is 6. The Morgan fingerprint density at radius 3 is 2.78 bits per heavy atom. The second kappa shape index (κ2) is 6.16. The molecule has 0 amide bonds. The number of aryl methyl sites for hydroxylation is 1. The van der Waals surface area contributed by atoms with Crippen molar-refractivity contribution in [3.05, 3.63) is 39.8 Å². The van der Waals surface area contributed by atoms with E-state index in [4.69, 9.17) is 0 Å². The number of thiophene rings is 1. The maximum atomic E-state index is 4.41. The summed E-state index contributed by atoms with van der Waals surface area (Å²) in [6.45, 7) is 8.28. The Hall–Kier alpha value is -1.13. The number of hydrogen-bond acceptors (Lipinski definition) is 3. The van der Waals surface area contributed by atoms with Crippen LogP contribution in [0.2, 0.25) is 0 Å². The van der Waals surface area contributed by atoms with Crippen LogP contribution < -0.4 is 5.32 Å². The highest BCUT2D eigenvalue weighted by Gasteiger charge is 2.03. The van der Waals surface area contributed by atoms with E-state index in [-0.39, 0.29) is 0 Å². The Bertz CT molecular complexity index is 485. The molecule has 3 nitrogen and oxygen atoms in total. The Morgan fingerprint density at radius 2 is 2.11 bits per heavy atom. The lowest BCUT2D eigenvalue weighted by Crippen LogP contribution is -2.21. The molecule has 0 aliphatic rings. The topological polar surface area (TPSA) is 29.9 Å². The van der Waals surface area contributed by atoms with Crippen molar-refractivity contribution in [3.63, 3.8) is 0 Å². The second-order valence-electron chi connectivity index (χ2n) is 4.80. The fourth-order valence-corrected chi connectivity index (χ4v) is 2.71. The van der Waals surface area contributed by atoms with Gasteiger partial charge in [-0.3, -0.25) is 4.68 Å². The quantitative estimate of drug-likeness (QED) is 0.868. The van der Waals surface area contributed by atoms with E-state index in [0.717, 1.165) is 19.5 Å². The molecular weight excluding hydrogens is 242 g/mol. The van der Waals surface area contributed by atoms with Gasteiger partial charge in [-0.1, -0.05) is 20.8 Å². The summed E-state index contributed by atoms with van der Waals surface area (Å²) >= 11 is 1.88. The predicted molar refractivity (Wildman–Crippen MR) is 77.0 cm³/mol. The molecule has 0 atom stereocenters. The zero-order chi connectivity index (χ0) is 13.0. The van der Waals surface area contributed by atoms with E-state index in [1.54, 1.807) is 0 Å². The first-order chi connectivity index (χ1) is 8.67. The summed E-state index contributed by atoms with van der Waals surface area (Å²) in [6, 6.07) is 4.93. The summed E-state index contributed by atoms with van der Waals surface area (Å²) in [7, 11) is 0. The molecule has 18 heavy (non-hydrogen) atoms. The summed E-state index contributed by atoms with van der Waals surface area (Å²) < 4.78 is 2.02. The normalized spacial score (nSPS) is 11.3. The molecule has 0 spiro atoms. The fourth-order valence-electron chi connectivity index (χ4n) is 1.76. The van der Waals surface area contributed by atoms with Crippen molar-refractivity contribution in [2.75, 3.05) is 0 Å². The highest BCUT2D eigenvalue weighted by Crippen LogP contribution is 2.17. The standard InChI is InChI=1S/C14H21N3S/c1-4-13-5-6-14(18-13)10-17-9-12(8-16-17)7-15-11(2)3/h5-6,8-9,11,15H,4,7,10H2,1-3H3. The van der Waals surface area contributed by atoms with Crippen LogP contribution in [-0.2, 0) is 19.5 Å². The van der Waals surface area contributed by atoms with Crippen LogP contribution in [-0.4, -0.2) is 15.8 Å². The van der Waals surface area contributed by atoms with E-state index in [1.807, 2.05) is 22.2 Å². The molecule has 2 aromatic heterocycles. The summed E-state index contributed by atoms with van der Waals surface area (Å²) in [4.78, 5) is 2.82. The maximum absolute atomic E-state index is 4.41. The lowest BCUT2D eigenvalue weighted by atomic mass is 10.3. The molecule has 98 valence electrons. The summed E-state index contributed by atoms with van der Waals surface area (Å²) in [5.41, 5.74) is 1.25. The van der Waals surface area contributed by atoms with Crippen LogP contribution >= 0.6 is 11.3 Å². The van der Waals surface area contributed by atoms with Gasteiger partial charge in [0.2, 0.25) is 0 Å². The molecule has 0 bridgehead atoms. The van der Waals surface area contributed by atoms with Gasteiger partial charge >= 0.3 is 0 Å². The molecule has 0 unspecified atom stereocenters. The summed E-state index contributed by atoms with van der Waals surface area (Å²) in [5.74, 6) is 0. The fraction of sp³-hybridized carbons (Fsp3) is 0.500. The van der Waals surface area contributed by atoms with Crippen LogP contribution in [0.1, 0.15) is 36.1 Å². The molecule has 0 aromatic carbocycles. The molecule has 4 heteroatoms. The average Bonchev–Trinajstić information content (AvgIpc) is 2.96. The van der Waals surface area contributed by atoms with E-state index in [2.05, 4.69) is 49.5 Å². The van der Waals surface area contributed by atoms with Gasteiger partial charge in [-0.05, 0) is 18.6 Å². The van der Waals surface area contributed by atoms with E-state index < -0.39 is 0 Å². The number of hydrogen-bond donors (Lipinski definition) is 1. The first-order valence-corrected chi connectivity index (χ1v) is 7.31. The molecule has 0 aliphatic carbocycles. The largest absolute Gasteiger partial charge is 0.310 e. The van der Waals surface area contributed by atoms with Crippen molar-refractivity contribution in [2.24, 2.45) is 0 Å². The first kappa shape index (κ1) is 13.3. The molecule has 2 aromatic rings. The molecule has 0 saturated carbocycles. The Kier molecular flexibility index (Phi) is 4.55. The minimum absolute atomic E-state index is 0.512. The Labute approximate surface area is 113 Å². The van der Waals surface area contributed by atoms with Crippen LogP contribution in [0.3, 0.4) is 0 Å². The highest BCUT2D eigenvalue weighted by atomic mass is 32.1. The Balaban J connectivity index is 1.93. The van der Waals surface area contributed by atoms with Crippen molar-refractivity contribution in [2.45, 2.75) is 46.3 Å². The van der Waals surface area contributed by atoms with Crippen LogP contribution in [0.25, 0.3) is 0 Å². The second-order valence-corrected chi connectivity index (χ2v) is 6.06. The highest BCUT2D eigenvalue weighted by molar-refractivity contribution is 7.11. The average molecular weight is 263 g/mol. The van der Waals surface area contributed by atoms with Crippen LogP contribution in [0.4, 0.5) is 0 Å². The van der Waals surface area contributed by atoms with E-state index in [9.17, 15) is 0 Å². The van der Waals surface area contributed by atoms with Crippen LogP contribution in [0.15, 0.2) is 24.5 Å². The summed E-state index contributed by atoms with van der Waals surface area (Å²) in [5, 5.41) is 7.81. The third-order valence-corrected chi connectivity index (χ3v) is 4.00. The van der Waals surface area contributed by atoms with E-state index in [1.165, 1.54) is 15.3 Å². The third kappa shape index (κ3) is 3.68. The molecule has 1 N–H and O–H groups in total. The lowest BCUT2D eigenvalue weighted by Gasteiger charge is -2.05. The first-order valence-electron chi connectivity index (χ1n) is 6.49. The van der Waals surface area contributed by atoms with Gasteiger partial charge in [-0.15, -0.1) is 11.3 Å². The maximum Gasteiger partial charge on any atom is 0.0752 e. The van der Waals surface area contributed by atoms with Crippen molar-refractivity contribution in [1.29, 1.82) is 0 Å². The van der Waals surface area contributed by atoms with Gasteiger partial charge in [0, 0.05) is 34.1 Å². The van der Waals surface area contributed by atoms with Gasteiger partial charge in [0.15, 0.2) is 0 Å². The van der Waals surface area contributed by atoms with Gasteiger partial charge in [0.05, 0.1) is 12.7 Å². The van der Waals surface area contributed by atoms with Crippen molar-refractivity contribution >= 4 is 11.3 Å². The molecule has 2 rings (SSSR count). The van der Waals surface area contributed by atoms with Gasteiger partial charge in [-0.25, -0.2) is 0 Å². The summed E-state index contributed by atoms with van der Waals surface area (Å²) in [6.07, 6.45) is 5.19. The van der Waals surface area contributed by atoms with Gasteiger partial charge in [0.25, 0.3) is 0 Å². The predicted octanol–water partition coefficient (Wildman–Crippen LogP) is 3.05. The zero-order valence-electron chi connectivity index (χ0n) is 11.3. The van der Waals surface area contributed by atoms with E-state index in [0.29, 0.717) is 6.04 Å². The molecular formula is C14H21N3S. The molecule has 0 radical (unpaired) electrons. The monoisotopic (exact) mass is 263 g/mol. The van der Waals surface area contributed by atoms with E-state index >= 15 is 0 Å². The van der Waals surface area contributed by atoms with Gasteiger partial charge in [0.1, 0.15) is 0 Å². The minimum Gasteiger partial charge on any atom is -0.310 e. The van der Waals surface area contributed by atoms with Gasteiger partial charge in [-0.2, -0.15) is 5.10 Å². The molecule has 2 heterocycles. The minimum atomic E-state index is 0.512. The van der Waals surface area contributed by atoms with Crippen LogP contribution in [0.5, 0.6) is 0 Å². The van der Waals surface area contributed by atoms with Gasteiger partial charge < -0.3 is 5.32 Å².